The number of hydrogen-bond donors (Lipinski definition) is 2. The van der Waals surface area contributed by atoms with Crippen molar-refractivity contribution in [2.45, 2.75) is 6.92 Å². The van der Waals surface area contributed by atoms with Gasteiger partial charge in [-0.05, 0) is 0 Å². The monoisotopic (exact) mass is 256 g/mol. The summed E-state index contributed by atoms with van der Waals surface area (Å²) in [5, 5.41) is 2.69. The molecule has 0 aliphatic heterocycles. The molecule has 0 aliphatic rings. The van der Waals surface area contributed by atoms with Crippen molar-refractivity contribution >= 4 is 22.8 Å². The largest absolute Gasteiger partial charge is 1.00 e. The van der Waals surface area contributed by atoms with Crippen LogP contribution in [0.15, 0.2) is 0 Å². The number of amides is 1. The fourth-order valence-electron chi connectivity index (χ4n) is 0.474. The number of hydrogen-bond acceptors (Lipinski definition) is 3. The van der Waals surface area contributed by atoms with Gasteiger partial charge in [-0.15, -0.1) is 0 Å². The van der Waals surface area contributed by atoms with Gasteiger partial charge in [0.25, 0.3) is 5.91 Å². The third-order valence-corrected chi connectivity index (χ3v) is 1.77. The van der Waals surface area contributed by atoms with E-state index in [1.165, 1.54) is 18.7 Å². The lowest BCUT2D eigenvalue weighted by Gasteiger charge is -1.98. The Morgan fingerprint density at radius 2 is 2.08 bits per heavy atom. The SMILES string of the molecule is CC(=O)SCCNC(=O)C[NH3+].[Br-]. The van der Waals surface area contributed by atoms with Crippen LogP contribution in [0, 0.1) is 0 Å². The van der Waals surface area contributed by atoms with Crippen LogP contribution in [0.2, 0.25) is 0 Å². The summed E-state index contributed by atoms with van der Waals surface area (Å²) in [4.78, 5) is 21.0. The van der Waals surface area contributed by atoms with Gasteiger partial charge in [-0.2, -0.15) is 0 Å². The Bertz CT molecular complexity index is 154. The number of carbonyl (C=O) groups is 2. The van der Waals surface area contributed by atoms with Gasteiger partial charge in [-0.3, -0.25) is 9.59 Å². The lowest BCUT2D eigenvalue weighted by molar-refractivity contribution is -0.355. The quantitative estimate of drug-likeness (QED) is 0.500. The van der Waals surface area contributed by atoms with E-state index in [9.17, 15) is 9.59 Å². The van der Waals surface area contributed by atoms with Gasteiger partial charge < -0.3 is 28.0 Å². The predicted molar refractivity (Wildman–Crippen MR) is 43.9 cm³/mol. The minimum atomic E-state index is -0.0749. The van der Waals surface area contributed by atoms with Crippen LogP contribution in [0.4, 0.5) is 0 Å². The molecule has 0 atom stereocenters. The van der Waals surface area contributed by atoms with Crippen LogP contribution in [-0.4, -0.2) is 29.9 Å². The van der Waals surface area contributed by atoms with Gasteiger partial charge in [0.05, 0.1) is 0 Å². The highest BCUT2D eigenvalue weighted by Crippen LogP contribution is 1.97. The summed E-state index contributed by atoms with van der Waals surface area (Å²) in [6, 6.07) is 0. The minimum Gasteiger partial charge on any atom is -1.00 e. The van der Waals surface area contributed by atoms with Gasteiger partial charge in [-0.1, -0.05) is 11.8 Å². The lowest BCUT2D eigenvalue weighted by Crippen LogP contribution is -3.00. The zero-order valence-corrected chi connectivity index (χ0v) is 9.33. The zero-order valence-electron chi connectivity index (χ0n) is 6.93. The molecule has 0 heterocycles. The average Bonchev–Trinajstić information content (AvgIpc) is 1.97. The van der Waals surface area contributed by atoms with Gasteiger partial charge in [-0.25, -0.2) is 0 Å². The molecule has 4 nitrogen and oxygen atoms in total. The summed E-state index contributed by atoms with van der Waals surface area (Å²) in [5.41, 5.74) is 3.41. The maximum absolute atomic E-state index is 10.6. The van der Waals surface area contributed by atoms with Crippen molar-refractivity contribution in [2.75, 3.05) is 18.8 Å². The van der Waals surface area contributed by atoms with Crippen molar-refractivity contribution in [3.8, 4) is 0 Å². The summed E-state index contributed by atoms with van der Waals surface area (Å²) in [6.45, 7) is 2.30. The molecule has 0 spiro atoms. The lowest BCUT2D eigenvalue weighted by atomic mass is 10.6. The Morgan fingerprint density at radius 3 is 2.50 bits per heavy atom. The second-order valence-corrected chi connectivity index (χ2v) is 3.21. The molecule has 0 unspecified atom stereocenters. The van der Waals surface area contributed by atoms with Crippen LogP contribution in [0.25, 0.3) is 0 Å². The molecule has 0 rings (SSSR count). The van der Waals surface area contributed by atoms with E-state index >= 15 is 0 Å². The van der Waals surface area contributed by atoms with Crippen molar-refractivity contribution < 1.29 is 32.3 Å². The Hall–Kier alpha value is -0.0700. The Kier molecular flexibility index (Phi) is 10.9. The normalized spacial score (nSPS) is 8.50. The fourth-order valence-corrected chi connectivity index (χ4v) is 0.965. The van der Waals surface area contributed by atoms with Crippen LogP contribution in [0.5, 0.6) is 0 Å². The van der Waals surface area contributed by atoms with E-state index in [0.29, 0.717) is 12.3 Å². The summed E-state index contributed by atoms with van der Waals surface area (Å²) in [5.74, 6) is 0.565. The highest BCUT2D eigenvalue weighted by atomic mass is 79.9. The topological polar surface area (TPSA) is 73.8 Å². The molecule has 0 aromatic rings. The predicted octanol–water partition coefficient (Wildman–Crippen LogP) is -4.37. The summed E-state index contributed by atoms with van der Waals surface area (Å²) in [7, 11) is 0. The first-order chi connectivity index (χ1) is 5.16. The van der Waals surface area contributed by atoms with Gasteiger partial charge in [0.1, 0.15) is 0 Å². The minimum absolute atomic E-state index is 0. The average molecular weight is 257 g/mol. The fraction of sp³-hybridized carbons (Fsp3) is 0.667. The van der Waals surface area contributed by atoms with Crippen molar-refractivity contribution in [1.82, 2.24) is 5.32 Å². The van der Waals surface area contributed by atoms with E-state index in [4.69, 9.17) is 0 Å². The van der Waals surface area contributed by atoms with Crippen LogP contribution in [0.3, 0.4) is 0 Å². The van der Waals surface area contributed by atoms with Crippen molar-refractivity contribution in [1.29, 1.82) is 0 Å². The van der Waals surface area contributed by atoms with Crippen molar-refractivity contribution in [2.24, 2.45) is 0 Å². The maximum atomic E-state index is 10.6. The van der Waals surface area contributed by atoms with Crippen LogP contribution < -0.4 is 28.0 Å². The van der Waals surface area contributed by atoms with Gasteiger partial charge >= 0.3 is 0 Å². The first-order valence-electron chi connectivity index (χ1n) is 3.36. The van der Waals surface area contributed by atoms with Crippen molar-refractivity contribution in [3.63, 3.8) is 0 Å². The summed E-state index contributed by atoms with van der Waals surface area (Å²) in [6.07, 6.45) is 0. The molecule has 0 saturated carbocycles. The molecule has 0 aromatic heterocycles. The summed E-state index contributed by atoms with van der Waals surface area (Å²) >= 11 is 1.21. The highest BCUT2D eigenvalue weighted by Gasteiger charge is 1.98. The Balaban J connectivity index is 0. The van der Waals surface area contributed by atoms with E-state index in [1.807, 2.05) is 0 Å². The van der Waals surface area contributed by atoms with Crippen LogP contribution in [-0.2, 0) is 9.59 Å². The van der Waals surface area contributed by atoms with Crippen LogP contribution >= 0.6 is 11.8 Å². The highest BCUT2D eigenvalue weighted by molar-refractivity contribution is 8.13. The molecule has 0 saturated heterocycles. The molecular weight excluding hydrogens is 244 g/mol. The Labute approximate surface area is 86.4 Å². The van der Waals surface area contributed by atoms with Crippen molar-refractivity contribution in [3.05, 3.63) is 0 Å². The number of rotatable bonds is 4. The molecule has 0 fully saturated rings. The number of halogens is 1. The number of thioether (sulfide) groups is 1. The first kappa shape index (κ1) is 14.5. The molecular formula is C6H13BrN2O2S. The first-order valence-corrected chi connectivity index (χ1v) is 4.34. The standard InChI is InChI=1S/C6H12N2O2S.BrH/c1-5(9)11-3-2-8-6(10)4-7;/h2-4,7H2,1H3,(H,8,10);1H. The van der Waals surface area contributed by atoms with Gasteiger partial charge in [0.2, 0.25) is 0 Å². The molecule has 72 valence electrons. The molecule has 0 aliphatic carbocycles. The van der Waals surface area contributed by atoms with E-state index in [0.717, 1.165) is 0 Å². The van der Waals surface area contributed by atoms with Crippen LogP contribution in [0.1, 0.15) is 6.92 Å². The number of quaternary nitrogens is 1. The van der Waals surface area contributed by atoms with E-state index < -0.39 is 0 Å². The second-order valence-electron chi connectivity index (χ2n) is 1.94. The number of carbonyl (C=O) groups excluding carboxylic acids is 2. The Morgan fingerprint density at radius 1 is 1.50 bits per heavy atom. The van der Waals surface area contributed by atoms with Gasteiger partial charge in [0.15, 0.2) is 11.7 Å². The number of nitrogens with one attached hydrogen (secondary N) is 1. The molecule has 0 aromatic carbocycles. The third-order valence-electron chi connectivity index (χ3n) is 0.957. The maximum Gasteiger partial charge on any atom is 0.275 e. The zero-order chi connectivity index (χ0) is 8.69. The smallest absolute Gasteiger partial charge is 0.275 e. The third kappa shape index (κ3) is 9.93. The molecule has 0 bridgehead atoms. The molecule has 6 heteroatoms. The molecule has 0 radical (unpaired) electrons. The molecule has 1 amide bonds. The van der Waals surface area contributed by atoms with E-state index in [2.05, 4.69) is 11.1 Å². The van der Waals surface area contributed by atoms with E-state index in [1.54, 1.807) is 0 Å². The molecule has 12 heavy (non-hydrogen) atoms. The van der Waals surface area contributed by atoms with Gasteiger partial charge in [0, 0.05) is 19.2 Å². The summed E-state index contributed by atoms with van der Waals surface area (Å²) < 4.78 is 0. The second kappa shape index (κ2) is 9.02. The molecule has 4 N–H and O–H groups in total. The van der Waals surface area contributed by atoms with E-state index in [-0.39, 0.29) is 34.5 Å².